The zero-order valence-electron chi connectivity index (χ0n) is 11.6. The van der Waals surface area contributed by atoms with Crippen LogP contribution in [0, 0.1) is 11.6 Å². The molecule has 0 radical (unpaired) electrons. The van der Waals surface area contributed by atoms with Gasteiger partial charge in [-0.3, -0.25) is 0 Å². The van der Waals surface area contributed by atoms with Crippen molar-refractivity contribution < 1.29 is 8.78 Å². The molecule has 0 bridgehead atoms. The molecule has 1 aromatic heterocycles. The molecule has 0 saturated carbocycles. The highest BCUT2D eigenvalue weighted by Crippen LogP contribution is 2.43. The van der Waals surface area contributed by atoms with Crippen molar-refractivity contribution >= 4 is 27.3 Å². The number of halogens is 3. The Kier molecular flexibility index (Phi) is 4.43. The monoisotopic (exact) mass is 371 g/mol. The Morgan fingerprint density at radius 2 is 2.14 bits per heavy atom. The molecule has 2 atom stereocenters. The molecule has 2 aromatic rings. The van der Waals surface area contributed by atoms with Crippen LogP contribution in [0.1, 0.15) is 40.8 Å². The maximum atomic E-state index is 14.4. The van der Waals surface area contributed by atoms with Crippen LogP contribution in [0.5, 0.6) is 0 Å². The smallest absolute Gasteiger partial charge is 0.145 e. The molecule has 1 aliphatic carbocycles. The Morgan fingerprint density at radius 3 is 2.90 bits per heavy atom. The van der Waals surface area contributed by atoms with Gasteiger partial charge in [0.15, 0.2) is 0 Å². The van der Waals surface area contributed by atoms with Crippen LogP contribution >= 0.6 is 27.3 Å². The molecule has 1 aliphatic rings. The van der Waals surface area contributed by atoms with Crippen molar-refractivity contribution in [2.24, 2.45) is 0 Å². The molecular weight excluding hydrogens is 356 g/mol. The van der Waals surface area contributed by atoms with Gasteiger partial charge in [-0.1, -0.05) is 0 Å². The summed E-state index contributed by atoms with van der Waals surface area (Å²) in [5.74, 6) is -0.877. The van der Waals surface area contributed by atoms with Gasteiger partial charge < -0.3 is 5.32 Å². The molecule has 2 unspecified atom stereocenters. The van der Waals surface area contributed by atoms with Crippen LogP contribution in [0.25, 0.3) is 0 Å². The SMILES string of the molecule is CNC(c1c(F)ccc(Br)c1F)C1CCCc2sccc21. The van der Waals surface area contributed by atoms with Crippen LogP contribution in [0.3, 0.4) is 0 Å². The Hall–Kier alpha value is -0.780. The van der Waals surface area contributed by atoms with Crippen molar-refractivity contribution in [1.29, 1.82) is 0 Å². The summed E-state index contributed by atoms with van der Waals surface area (Å²) in [6, 6.07) is 4.49. The lowest BCUT2D eigenvalue weighted by Crippen LogP contribution is -2.28. The largest absolute Gasteiger partial charge is 0.312 e. The molecule has 1 heterocycles. The third kappa shape index (κ3) is 2.67. The van der Waals surface area contributed by atoms with E-state index in [2.05, 4.69) is 32.7 Å². The minimum Gasteiger partial charge on any atom is -0.312 e. The van der Waals surface area contributed by atoms with E-state index < -0.39 is 11.6 Å². The molecule has 112 valence electrons. The number of aryl methyl sites for hydroxylation is 1. The molecule has 5 heteroatoms. The highest BCUT2D eigenvalue weighted by atomic mass is 79.9. The van der Waals surface area contributed by atoms with E-state index in [9.17, 15) is 8.78 Å². The Morgan fingerprint density at radius 1 is 1.33 bits per heavy atom. The first-order valence-electron chi connectivity index (χ1n) is 7.00. The van der Waals surface area contributed by atoms with E-state index in [0.29, 0.717) is 4.47 Å². The Labute approximate surface area is 135 Å². The molecular formula is C16H16BrF2NS. The summed E-state index contributed by atoms with van der Waals surface area (Å²) in [6.45, 7) is 0. The van der Waals surface area contributed by atoms with E-state index in [4.69, 9.17) is 0 Å². The van der Waals surface area contributed by atoms with E-state index >= 15 is 0 Å². The predicted octanol–water partition coefficient (Wildman–Crippen LogP) is 5.17. The standard InChI is InChI=1S/C16H16BrF2NS/c1-20-16(14-12(18)6-5-11(17)15(14)19)10-3-2-4-13-9(10)7-8-21-13/h5-8,10,16,20H,2-4H2,1H3. The fraction of sp³-hybridized carbons (Fsp3) is 0.375. The van der Waals surface area contributed by atoms with Gasteiger partial charge in [0.25, 0.3) is 0 Å². The summed E-state index contributed by atoms with van der Waals surface area (Å²) in [4.78, 5) is 1.35. The third-order valence-electron chi connectivity index (χ3n) is 4.20. The molecule has 1 nitrogen and oxygen atoms in total. The fourth-order valence-corrected chi connectivity index (χ4v) is 4.59. The maximum Gasteiger partial charge on any atom is 0.145 e. The predicted molar refractivity (Wildman–Crippen MR) is 85.9 cm³/mol. The number of rotatable bonds is 3. The Balaban J connectivity index is 2.07. The van der Waals surface area contributed by atoms with Crippen LogP contribution in [-0.4, -0.2) is 7.05 Å². The summed E-state index contributed by atoms with van der Waals surface area (Å²) < 4.78 is 29.0. The van der Waals surface area contributed by atoms with E-state index in [-0.39, 0.29) is 17.5 Å². The molecule has 0 saturated heterocycles. The molecule has 0 spiro atoms. The summed E-state index contributed by atoms with van der Waals surface area (Å²) in [5, 5.41) is 5.20. The van der Waals surface area contributed by atoms with E-state index in [1.165, 1.54) is 22.6 Å². The minimum absolute atomic E-state index is 0.114. The van der Waals surface area contributed by atoms with Crippen LogP contribution < -0.4 is 5.32 Å². The summed E-state index contributed by atoms with van der Waals surface area (Å²) in [7, 11) is 1.77. The number of hydrogen-bond donors (Lipinski definition) is 1. The van der Waals surface area contributed by atoms with Gasteiger partial charge in [0, 0.05) is 22.4 Å². The fourth-order valence-electron chi connectivity index (χ4n) is 3.24. The molecule has 0 aliphatic heterocycles. The van der Waals surface area contributed by atoms with Gasteiger partial charge in [-0.15, -0.1) is 11.3 Å². The summed E-state index contributed by atoms with van der Waals surface area (Å²) in [5.41, 5.74) is 1.38. The second-order valence-corrected chi connectivity index (χ2v) is 7.18. The number of fused-ring (bicyclic) bond motifs is 1. The Bertz CT molecular complexity index is 656. The van der Waals surface area contributed by atoms with Crippen molar-refractivity contribution in [3.05, 3.63) is 55.7 Å². The molecule has 1 N–H and O–H groups in total. The van der Waals surface area contributed by atoms with Gasteiger partial charge in [-0.25, -0.2) is 8.78 Å². The minimum atomic E-state index is -0.503. The van der Waals surface area contributed by atoms with Crippen molar-refractivity contribution in [2.75, 3.05) is 7.05 Å². The van der Waals surface area contributed by atoms with Crippen LogP contribution in [0.15, 0.2) is 28.1 Å². The first kappa shape index (κ1) is 15.1. The maximum absolute atomic E-state index is 14.4. The molecule has 3 rings (SSSR count). The van der Waals surface area contributed by atoms with Gasteiger partial charge in [0.1, 0.15) is 11.6 Å². The quantitative estimate of drug-likeness (QED) is 0.733. The first-order chi connectivity index (χ1) is 10.1. The lowest BCUT2D eigenvalue weighted by atomic mass is 9.79. The topological polar surface area (TPSA) is 12.0 Å². The van der Waals surface area contributed by atoms with E-state index in [1.54, 1.807) is 18.4 Å². The normalized spacial score (nSPS) is 19.3. The van der Waals surface area contributed by atoms with Crippen LogP contribution in [0.2, 0.25) is 0 Å². The molecule has 1 aromatic carbocycles. The van der Waals surface area contributed by atoms with Gasteiger partial charge >= 0.3 is 0 Å². The van der Waals surface area contributed by atoms with Gasteiger partial charge in [0.2, 0.25) is 0 Å². The molecule has 0 fully saturated rings. The number of nitrogens with one attached hydrogen (secondary N) is 1. The number of benzene rings is 1. The second-order valence-electron chi connectivity index (χ2n) is 5.32. The summed E-state index contributed by atoms with van der Waals surface area (Å²) >= 11 is 4.90. The first-order valence-corrected chi connectivity index (χ1v) is 8.67. The highest BCUT2D eigenvalue weighted by Gasteiger charge is 2.32. The van der Waals surface area contributed by atoms with Crippen LogP contribution in [-0.2, 0) is 6.42 Å². The van der Waals surface area contributed by atoms with E-state index in [1.807, 2.05) is 0 Å². The van der Waals surface area contributed by atoms with Gasteiger partial charge in [-0.2, -0.15) is 0 Å². The lowest BCUT2D eigenvalue weighted by Gasteiger charge is -2.31. The van der Waals surface area contributed by atoms with Gasteiger partial charge in [0.05, 0.1) is 4.47 Å². The van der Waals surface area contributed by atoms with Gasteiger partial charge in [-0.05, 0) is 71.4 Å². The number of hydrogen-bond acceptors (Lipinski definition) is 2. The van der Waals surface area contributed by atoms with Crippen molar-refractivity contribution in [3.8, 4) is 0 Å². The zero-order valence-corrected chi connectivity index (χ0v) is 14.0. The average Bonchev–Trinajstić information content (AvgIpc) is 2.96. The lowest BCUT2D eigenvalue weighted by molar-refractivity contribution is 0.396. The van der Waals surface area contributed by atoms with Crippen molar-refractivity contribution in [1.82, 2.24) is 5.32 Å². The number of thiophene rings is 1. The summed E-state index contributed by atoms with van der Waals surface area (Å²) in [6.07, 6.45) is 3.08. The van der Waals surface area contributed by atoms with E-state index in [0.717, 1.165) is 19.3 Å². The number of likely N-dealkylation sites (N-methyl/N-ethyl adjacent to an activating group) is 1. The highest BCUT2D eigenvalue weighted by molar-refractivity contribution is 9.10. The molecule has 0 amide bonds. The van der Waals surface area contributed by atoms with Crippen LogP contribution in [0.4, 0.5) is 8.78 Å². The average molecular weight is 372 g/mol. The zero-order chi connectivity index (χ0) is 15.0. The molecule has 21 heavy (non-hydrogen) atoms. The second kappa shape index (κ2) is 6.15. The van der Waals surface area contributed by atoms with Crippen molar-refractivity contribution in [3.63, 3.8) is 0 Å². The third-order valence-corrected chi connectivity index (χ3v) is 5.81. The van der Waals surface area contributed by atoms with Crippen molar-refractivity contribution in [2.45, 2.75) is 31.2 Å².